The lowest BCUT2D eigenvalue weighted by Crippen LogP contribution is -2.51. The molecule has 1 aromatic carbocycles. The van der Waals surface area contributed by atoms with Crippen molar-refractivity contribution in [3.05, 3.63) is 42.6 Å². The number of halogens is 1. The van der Waals surface area contributed by atoms with E-state index in [1.54, 1.807) is 23.0 Å². The number of fused-ring (bicyclic) bond motifs is 1. The second-order valence-corrected chi connectivity index (χ2v) is 8.95. The summed E-state index contributed by atoms with van der Waals surface area (Å²) in [7, 11) is 0. The molecule has 1 spiro atoms. The number of hydrazine groups is 1. The van der Waals surface area contributed by atoms with Gasteiger partial charge in [-0.1, -0.05) is 31.0 Å². The van der Waals surface area contributed by atoms with Gasteiger partial charge in [-0.3, -0.25) is 15.0 Å². The van der Waals surface area contributed by atoms with Crippen molar-refractivity contribution in [2.45, 2.75) is 42.7 Å². The summed E-state index contributed by atoms with van der Waals surface area (Å²) in [6.45, 7) is 0. The Morgan fingerprint density at radius 2 is 1.91 bits per heavy atom. The Bertz CT molecular complexity index is 1240. The molecule has 1 saturated carbocycles. The molecule has 170 valence electrons. The van der Waals surface area contributed by atoms with Gasteiger partial charge in [0, 0.05) is 0 Å². The zero-order valence-electron chi connectivity index (χ0n) is 17.5. The van der Waals surface area contributed by atoms with Crippen LogP contribution in [0.4, 0.5) is 9.18 Å². The summed E-state index contributed by atoms with van der Waals surface area (Å²) in [5.74, 6) is -1.34. The average molecular weight is 470 g/mol. The topological polar surface area (TPSA) is 122 Å². The molecule has 3 aromatic rings. The van der Waals surface area contributed by atoms with E-state index < -0.39 is 23.4 Å². The number of urea groups is 1. The van der Waals surface area contributed by atoms with Crippen LogP contribution in [0.1, 0.15) is 32.1 Å². The minimum absolute atomic E-state index is 0.0715. The molecule has 5 rings (SSSR count). The number of carbonyl (C=O) groups excluding carboxylic acids is 3. The van der Waals surface area contributed by atoms with E-state index >= 15 is 0 Å². The molecule has 0 bridgehead atoms. The number of nitrogens with one attached hydrogen (secondary N) is 2. The molecule has 4 amide bonds. The van der Waals surface area contributed by atoms with E-state index in [0.717, 1.165) is 36.0 Å². The van der Waals surface area contributed by atoms with Crippen molar-refractivity contribution < 1.29 is 18.8 Å². The molecule has 12 heteroatoms. The smallest absolute Gasteiger partial charge is 0.322 e. The van der Waals surface area contributed by atoms with E-state index in [9.17, 15) is 18.8 Å². The second kappa shape index (κ2) is 8.43. The fourth-order valence-electron chi connectivity index (χ4n) is 4.22. The Hall–Kier alpha value is -3.54. The fraction of sp³-hybridized carbons (Fsp3) is 0.333. The molecule has 2 fully saturated rings. The first-order valence-corrected chi connectivity index (χ1v) is 11.5. The standard InChI is InChI=1S/C21H20FN7O3S/c22-13-4-6-14(7-5-13)28-17-15(10-25-28)18(24-12-23-17)33-11-16(30)27-29-19(31)21(26-20(29)32)8-2-1-3-9-21/h4-7,10,12H,1-3,8-9,11H2,(H,26,32)(H,27,30). The minimum atomic E-state index is -0.899. The van der Waals surface area contributed by atoms with Crippen LogP contribution in [0.3, 0.4) is 0 Å². The van der Waals surface area contributed by atoms with Crippen molar-refractivity contribution in [3.8, 4) is 5.69 Å². The van der Waals surface area contributed by atoms with Gasteiger partial charge in [0.25, 0.3) is 5.91 Å². The molecule has 10 nitrogen and oxygen atoms in total. The number of hydrogen-bond donors (Lipinski definition) is 2. The Morgan fingerprint density at radius 3 is 2.67 bits per heavy atom. The molecule has 0 atom stereocenters. The quantitative estimate of drug-likeness (QED) is 0.334. The van der Waals surface area contributed by atoms with Crippen LogP contribution in [-0.2, 0) is 9.59 Å². The highest BCUT2D eigenvalue weighted by Gasteiger charge is 2.52. The summed E-state index contributed by atoms with van der Waals surface area (Å²) < 4.78 is 14.8. The van der Waals surface area contributed by atoms with Gasteiger partial charge in [-0.15, -0.1) is 0 Å². The molecular weight excluding hydrogens is 449 g/mol. The maximum Gasteiger partial charge on any atom is 0.344 e. The molecule has 2 N–H and O–H groups in total. The lowest BCUT2D eigenvalue weighted by molar-refractivity contribution is -0.139. The number of imide groups is 1. The van der Waals surface area contributed by atoms with Crippen molar-refractivity contribution in [3.63, 3.8) is 0 Å². The van der Waals surface area contributed by atoms with E-state index in [1.165, 1.54) is 18.5 Å². The number of carbonyl (C=O) groups is 3. The zero-order chi connectivity index (χ0) is 23.0. The summed E-state index contributed by atoms with van der Waals surface area (Å²) in [6.07, 6.45) is 6.83. The van der Waals surface area contributed by atoms with E-state index in [0.29, 0.717) is 34.6 Å². The Kier molecular flexibility index (Phi) is 5.44. The predicted molar refractivity (Wildman–Crippen MR) is 117 cm³/mol. The summed E-state index contributed by atoms with van der Waals surface area (Å²) in [5.41, 5.74) is 2.66. The molecule has 1 aliphatic heterocycles. The average Bonchev–Trinajstić information content (AvgIpc) is 3.34. The number of rotatable bonds is 5. The van der Waals surface area contributed by atoms with Gasteiger partial charge in [-0.25, -0.2) is 23.8 Å². The Labute approximate surface area is 191 Å². The maximum absolute atomic E-state index is 13.2. The first-order valence-electron chi connectivity index (χ1n) is 10.5. The summed E-state index contributed by atoms with van der Waals surface area (Å²) in [4.78, 5) is 46.1. The van der Waals surface area contributed by atoms with Crippen LogP contribution in [0.5, 0.6) is 0 Å². The third-order valence-corrected chi connectivity index (χ3v) is 6.85. The van der Waals surface area contributed by atoms with E-state index in [1.807, 2.05) is 0 Å². The van der Waals surface area contributed by atoms with Gasteiger partial charge < -0.3 is 5.32 Å². The number of hydrogen-bond acceptors (Lipinski definition) is 7. The summed E-state index contributed by atoms with van der Waals surface area (Å²) in [6, 6.07) is 5.22. The second-order valence-electron chi connectivity index (χ2n) is 7.99. The van der Waals surface area contributed by atoms with E-state index in [-0.39, 0.29) is 11.6 Å². The highest BCUT2D eigenvalue weighted by molar-refractivity contribution is 8.00. The van der Waals surface area contributed by atoms with Crippen LogP contribution in [0.2, 0.25) is 0 Å². The first kappa shape index (κ1) is 21.3. The van der Waals surface area contributed by atoms with E-state index in [4.69, 9.17) is 0 Å². The van der Waals surface area contributed by atoms with Crippen LogP contribution in [-0.4, -0.2) is 53.9 Å². The Balaban J connectivity index is 1.27. The third kappa shape index (κ3) is 3.90. The molecule has 1 aliphatic carbocycles. The molecule has 1 saturated heterocycles. The molecule has 3 heterocycles. The van der Waals surface area contributed by atoms with Crippen LogP contribution < -0.4 is 10.7 Å². The number of aromatic nitrogens is 4. The van der Waals surface area contributed by atoms with Gasteiger partial charge >= 0.3 is 6.03 Å². The van der Waals surface area contributed by atoms with Crippen LogP contribution >= 0.6 is 11.8 Å². The molecule has 33 heavy (non-hydrogen) atoms. The molecule has 0 radical (unpaired) electrons. The third-order valence-electron chi connectivity index (χ3n) is 5.85. The molecule has 2 aliphatic rings. The number of amides is 4. The van der Waals surface area contributed by atoms with Gasteiger partial charge in [-0.2, -0.15) is 10.1 Å². The van der Waals surface area contributed by atoms with Gasteiger partial charge in [0.05, 0.1) is 23.0 Å². The SMILES string of the molecule is O=C(CSc1ncnc2c1cnn2-c1ccc(F)cc1)NN1C(=O)NC2(CCCCC2)C1=O. The lowest BCUT2D eigenvalue weighted by Gasteiger charge is -2.30. The largest absolute Gasteiger partial charge is 0.344 e. The summed E-state index contributed by atoms with van der Waals surface area (Å²) >= 11 is 1.14. The van der Waals surface area contributed by atoms with Crippen molar-refractivity contribution >= 4 is 40.6 Å². The monoisotopic (exact) mass is 469 g/mol. The van der Waals surface area contributed by atoms with Crippen molar-refractivity contribution in [1.82, 2.24) is 35.5 Å². The summed E-state index contributed by atoms with van der Waals surface area (Å²) in [5, 5.41) is 8.99. The Morgan fingerprint density at radius 1 is 1.15 bits per heavy atom. The van der Waals surface area contributed by atoms with Gasteiger partial charge in [0.1, 0.15) is 22.7 Å². The predicted octanol–water partition coefficient (Wildman–Crippen LogP) is 2.33. The lowest BCUT2D eigenvalue weighted by atomic mass is 9.82. The van der Waals surface area contributed by atoms with Gasteiger partial charge in [0.2, 0.25) is 5.91 Å². The number of nitrogens with zero attached hydrogens (tertiary/aromatic N) is 5. The molecule has 2 aromatic heterocycles. The minimum Gasteiger partial charge on any atom is -0.322 e. The number of benzene rings is 1. The van der Waals surface area contributed by atoms with Gasteiger partial charge in [-0.05, 0) is 37.1 Å². The van der Waals surface area contributed by atoms with Crippen molar-refractivity contribution in [2.24, 2.45) is 0 Å². The number of thioether (sulfide) groups is 1. The van der Waals surface area contributed by atoms with Crippen molar-refractivity contribution in [1.29, 1.82) is 0 Å². The molecule has 0 unspecified atom stereocenters. The normalized spacial score (nSPS) is 17.5. The first-order chi connectivity index (χ1) is 16.0. The van der Waals surface area contributed by atoms with Crippen LogP contribution in [0.25, 0.3) is 16.7 Å². The maximum atomic E-state index is 13.2. The van der Waals surface area contributed by atoms with Crippen LogP contribution in [0, 0.1) is 5.82 Å². The van der Waals surface area contributed by atoms with Gasteiger partial charge in [0.15, 0.2) is 5.65 Å². The fourth-order valence-corrected chi connectivity index (χ4v) is 4.97. The zero-order valence-corrected chi connectivity index (χ0v) is 18.3. The highest BCUT2D eigenvalue weighted by Crippen LogP contribution is 2.33. The van der Waals surface area contributed by atoms with Crippen LogP contribution in [0.15, 0.2) is 41.8 Å². The van der Waals surface area contributed by atoms with Crippen molar-refractivity contribution in [2.75, 3.05) is 5.75 Å². The molecular formula is C21H20FN7O3S. The highest BCUT2D eigenvalue weighted by atomic mass is 32.2. The van der Waals surface area contributed by atoms with E-state index in [2.05, 4.69) is 25.8 Å².